The highest BCUT2D eigenvalue weighted by Crippen LogP contribution is 2.26. The van der Waals surface area contributed by atoms with Crippen molar-refractivity contribution >= 4 is 27.3 Å². The highest BCUT2D eigenvalue weighted by atomic mass is 32.2. The van der Waals surface area contributed by atoms with Gasteiger partial charge in [-0.1, -0.05) is 0 Å². The van der Waals surface area contributed by atoms with Crippen molar-refractivity contribution in [3.8, 4) is 0 Å². The molecule has 0 radical (unpaired) electrons. The molecule has 0 bridgehead atoms. The first-order valence-electron chi connectivity index (χ1n) is 8.88. The van der Waals surface area contributed by atoms with Crippen LogP contribution in [0.4, 0.5) is 11.4 Å². The summed E-state index contributed by atoms with van der Waals surface area (Å²) in [6.45, 7) is 0.662. The van der Waals surface area contributed by atoms with Crippen molar-refractivity contribution in [3.63, 3.8) is 0 Å². The molecular weight excluding hydrogens is 402 g/mol. The number of nitro groups is 1. The van der Waals surface area contributed by atoms with E-state index in [0.29, 0.717) is 18.5 Å². The van der Waals surface area contributed by atoms with E-state index in [1.807, 2.05) is 0 Å². The Morgan fingerprint density at radius 3 is 2.55 bits per heavy atom. The van der Waals surface area contributed by atoms with E-state index >= 15 is 0 Å². The quantitative estimate of drug-likeness (QED) is 0.525. The van der Waals surface area contributed by atoms with Crippen molar-refractivity contribution in [3.05, 3.63) is 46.8 Å². The number of nitro benzene ring substituents is 1. The predicted molar refractivity (Wildman–Crippen MR) is 102 cm³/mol. The maximum Gasteiger partial charge on any atom is 0.269 e. The highest BCUT2D eigenvalue weighted by Gasteiger charge is 2.32. The molecule has 1 saturated heterocycles. The van der Waals surface area contributed by atoms with E-state index in [9.17, 15) is 23.3 Å². The topological polar surface area (TPSA) is 137 Å². The summed E-state index contributed by atoms with van der Waals surface area (Å²) in [5, 5.41) is 17.6. The van der Waals surface area contributed by atoms with Crippen molar-refractivity contribution in [2.45, 2.75) is 24.5 Å². The third-order valence-electron chi connectivity index (χ3n) is 4.67. The van der Waals surface area contributed by atoms with Crippen LogP contribution in [0.3, 0.4) is 0 Å². The fraction of sp³-hybridized carbons (Fsp3) is 0.412. The molecule has 1 aliphatic heterocycles. The molecule has 0 saturated carbocycles. The number of non-ortho nitro benzene ring substituents is 1. The van der Waals surface area contributed by atoms with E-state index in [1.165, 1.54) is 27.3 Å². The van der Waals surface area contributed by atoms with Crippen LogP contribution in [0, 0.1) is 16.0 Å². The molecule has 1 aliphatic rings. The average Bonchev–Trinajstić information content (AvgIpc) is 3.15. The van der Waals surface area contributed by atoms with Gasteiger partial charge in [-0.3, -0.25) is 14.9 Å². The van der Waals surface area contributed by atoms with Crippen molar-refractivity contribution < 1.29 is 22.9 Å². The number of benzene rings is 1. The summed E-state index contributed by atoms with van der Waals surface area (Å²) in [6.07, 6.45) is 3.93. The molecule has 0 atom stereocenters. The van der Waals surface area contributed by atoms with Gasteiger partial charge in [0.05, 0.1) is 27.9 Å². The zero-order valence-electron chi connectivity index (χ0n) is 15.7. The van der Waals surface area contributed by atoms with E-state index in [4.69, 9.17) is 4.74 Å². The van der Waals surface area contributed by atoms with Gasteiger partial charge >= 0.3 is 0 Å². The lowest BCUT2D eigenvalue weighted by Crippen LogP contribution is -2.41. The summed E-state index contributed by atoms with van der Waals surface area (Å²) >= 11 is 0. The van der Waals surface area contributed by atoms with E-state index in [-0.39, 0.29) is 42.2 Å². The van der Waals surface area contributed by atoms with Crippen molar-refractivity contribution in [2.24, 2.45) is 5.92 Å². The third-order valence-corrected chi connectivity index (χ3v) is 6.59. The van der Waals surface area contributed by atoms with Gasteiger partial charge in [-0.15, -0.1) is 0 Å². The molecule has 2 heterocycles. The van der Waals surface area contributed by atoms with Crippen molar-refractivity contribution in [1.82, 2.24) is 14.1 Å². The van der Waals surface area contributed by atoms with Crippen LogP contribution >= 0.6 is 0 Å². The minimum Gasteiger partial charge on any atom is -0.362 e. The number of sulfonamides is 1. The fourth-order valence-corrected chi connectivity index (χ4v) is 4.59. The first kappa shape index (κ1) is 20.9. The smallest absolute Gasteiger partial charge is 0.269 e. The number of rotatable bonds is 7. The number of carbonyl (C=O) groups is 1. The number of carbonyl (C=O) groups excluding carboxylic acids is 1. The van der Waals surface area contributed by atoms with Crippen LogP contribution < -0.4 is 5.32 Å². The molecule has 12 heteroatoms. The Labute approximate surface area is 167 Å². The Hall–Kier alpha value is -2.83. The number of nitrogens with one attached hydrogen (secondary N) is 1. The summed E-state index contributed by atoms with van der Waals surface area (Å²) in [4.78, 5) is 22.6. The summed E-state index contributed by atoms with van der Waals surface area (Å²) in [7, 11) is -2.22. The number of hydrogen-bond donors (Lipinski definition) is 1. The SMILES string of the molecule is COCn1cc(NC(=O)C2CCN(S(=O)(=O)c3ccc([N+](=O)[O-])cc3)CC2)cn1. The maximum absolute atomic E-state index is 12.7. The Bertz CT molecular complexity index is 980. The zero-order chi connectivity index (χ0) is 21.0. The van der Waals surface area contributed by atoms with Gasteiger partial charge in [-0.05, 0) is 25.0 Å². The number of methoxy groups -OCH3 is 1. The number of ether oxygens (including phenoxy) is 1. The predicted octanol–water partition coefficient (Wildman–Crippen LogP) is 1.43. The van der Waals surface area contributed by atoms with Crippen LogP contribution in [0.25, 0.3) is 0 Å². The Morgan fingerprint density at radius 1 is 1.31 bits per heavy atom. The second kappa shape index (κ2) is 8.68. The van der Waals surface area contributed by atoms with Crippen LogP contribution in [-0.2, 0) is 26.3 Å². The summed E-state index contributed by atoms with van der Waals surface area (Å²) in [6, 6.07) is 4.78. The van der Waals surface area contributed by atoms with Crippen molar-refractivity contribution in [2.75, 3.05) is 25.5 Å². The molecule has 1 amide bonds. The Balaban J connectivity index is 1.58. The van der Waals surface area contributed by atoms with Crippen LogP contribution in [0.2, 0.25) is 0 Å². The number of piperidine rings is 1. The van der Waals surface area contributed by atoms with Gasteiger partial charge in [0.25, 0.3) is 5.69 Å². The van der Waals surface area contributed by atoms with Gasteiger partial charge in [-0.25, -0.2) is 13.1 Å². The van der Waals surface area contributed by atoms with E-state index in [0.717, 1.165) is 12.1 Å². The van der Waals surface area contributed by atoms with Gasteiger partial charge in [0.1, 0.15) is 6.73 Å². The largest absolute Gasteiger partial charge is 0.362 e. The molecule has 1 aromatic heterocycles. The lowest BCUT2D eigenvalue weighted by molar-refractivity contribution is -0.384. The molecule has 0 aliphatic carbocycles. The molecule has 156 valence electrons. The second-order valence-corrected chi connectivity index (χ2v) is 8.54. The monoisotopic (exact) mass is 423 g/mol. The summed E-state index contributed by atoms with van der Waals surface area (Å²) in [5.74, 6) is -0.501. The minimum absolute atomic E-state index is 0.00319. The molecule has 11 nitrogen and oxygen atoms in total. The van der Waals surface area contributed by atoms with Crippen molar-refractivity contribution in [1.29, 1.82) is 0 Å². The zero-order valence-corrected chi connectivity index (χ0v) is 16.5. The number of amides is 1. The van der Waals surface area contributed by atoms with Crippen LogP contribution in [0.1, 0.15) is 12.8 Å². The minimum atomic E-state index is -3.76. The Kier molecular flexibility index (Phi) is 6.25. The molecule has 1 aromatic carbocycles. The second-order valence-electron chi connectivity index (χ2n) is 6.60. The Morgan fingerprint density at radius 2 is 1.97 bits per heavy atom. The molecular formula is C17H21N5O6S. The van der Waals surface area contributed by atoms with Gasteiger partial charge in [0, 0.05) is 38.2 Å². The number of nitrogens with zero attached hydrogens (tertiary/aromatic N) is 4. The molecule has 0 spiro atoms. The lowest BCUT2D eigenvalue weighted by atomic mass is 9.97. The number of anilines is 1. The van der Waals surface area contributed by atoms with Crippen LogP contribution in [0.5, 0.6) is 0 Å². The van der Waals surface area contributed by atoms with Gasteiger partial charge in [0.15, 0.2) is 0 Å². The van der Waals surface area contributed by atoms with E-state index in [2.05, 4.69) is 10.4 Å². The summed E-state index contributed by atoms with van der Waals surface area (Å²) in [5.41, 5.74) is 0.376. The highest BCUT2D eigenvalue weighted by molar-refractivity contribution is 7.89. The molecule has 1 N–H and O–H groups in total. The number of aromatic nitrogens is 2. The van der Waals surface area contributed by atoms with Gasteiger partial charge < -0.3 is 10.1 Å². The van der Waals surface area contributed by atoms with Gasteiger partial charge in [0.2, 0.25) is 15.9 Å². The molecule has 0 unspecified atom stereocenters. The van der Waals surface area contributed by atoms with E-state index < -0.39 is 14.9 Å². The summed E-state index contributed by atoms with van der Waals surface area (Å²) < 4.78 is 33.3. The first-order valence-corrected chi connectivity index (χ1v) is 10.3. The molecule has 29 heavy (non-hydrogen) atoms. The third kappa shape index (κ3) is 4.78. The maximum atomic E-state index is 12.7. The van der Waals surface area contributed by atoms with Crippen LogP contribution in [0.15, 0.2) is 41.6 Å². The van der Waals surface area contributed by atoms with E-state index in [1.54, 1.807) is 13.3 Å². The lowest BCUT2D eigenvalue weighted by Gasteiger charge is -2.30. The fourth-order valence-electron chi connectivity index (χ4n) is 3.12. The van der Waals surface area contributed by atoms with Crippen LogP contribution in [-0.4, -0.2) is 53.5 Å². The average molecular weight is 423 g/mol. The molecule has 2 aromatic rings. The first-order chi connectivity index (χ1) is 13.8. The standard InChI is InChI=1S/C17H21N5O6S/c1-28-12-20-11-14(10-18-20)19-17(23)13-6-8-21(9-7-13)29(26,27)16-4-2-15(3-5-16)22(24)25/h2-5,10-11,13H,6-9,12H2,1H3,(H,19,23). The molecule has 3 rings (SSSR count). The molecule has 1 fully saturated rings. The van der Waals surface area contributed by atoms with Gasteiger partial charge in [-0.2, -0.15) is 9.40 Å². The number of hydrogen-bond acceptors (Lipinski definition) is 7. The normalized spacial score (nSPS) is 15.9.